The quantitative estimate of drug-likeness (QED) is 0.861. The van der Waals surface area contributed by atoms with E-state index in [1.807, 2.05) is 0 Å². The van der Waals surface area contributed by atoms with Crippen molar-refractivity contribution in [3.05, 3.63) is 35.4 Å². The molecule has 0 radical (unpaired) electrons. The van der Waals surface area contributed by atoms with E-state index in [1.165, 1.54) is 0 Å². The predicted octanol–water partition coefficient (Wildman–Crippen LogP) is 1.52. The largest absolute Gasteiger partial charge is 0.450 e. The second kappa shape index (κ2) is 6.60. The van der Waals surface area contributed by atoms with Gasteiger partial charge in [0, 0.05) is 18.5 Å². The summed E-state index contributed by atoms with van der Waals surface area (Å²) in [6.07, 6.45) is 0.454. The van der Waals surface area contributed by atoms with E-state index >= 15 is 0 Å². The zero-order valence-electron chi connectivity index (χ0n) is 12.6. The number of rotatable bonds is 5. The Morgan fingerprint density at radius 1 is 1.36 bits per heavy atom. The van der Waals surface area contributed by atoms with Crippen molar-refractivity contribution in [2.45, 2.75) is 31.6 Å². The van der Waals surface area contributed by atoms with E-state index in [0.717, 1.165) is 0 Å². The molecule has 0 saturated carbocycles. The van der Waals surface area contributed by atoms with Crippen molar-refractivity contribution in [3.8, 4) is 0 Å². The van der Waals surface area contributed by atoms with Gasteiger partial charge in [0.2, 0.25) is 5.91 Å². The molecule has 0 spiro atoms. The molecular weight excluding hydrogens is 284 g/mol. The molecule has 3 N–H and O–H groups in total. The maximum Gasteiger partial charge on any atom is 0.407 e. The fourth-order valence-electron chi connectivity index (χ4n) is 2.94. The van der Waals surface area contributed by atoms with Gasteiger partial charge in [-0.2, -0.15) is 0 Å². The summed E-state index contributed by atoms with van der Waals surface area (Å²) in [7, 11) is 0. The molecule has 6 heteroatoms. The van der Waals surface area contributed by atoms with Gasteiger partial charge in [-0.1, -0.05) is 24.3 Å². The second-order valence-corrected chi connectivity index (χ2v) is 5.31. The maximum absolute atomic E-state index is 12.1. The first kappa shape index (κ1) is 16.0. The summed E-state index contributed by atoms with van der Waals surface area (Å²) in [6, 6.07) is 7.04. The summed E-state index contributed by atoms with van der Waals surface area (Å²) in [4.78, 5) is 35.5. The zero-order valence-corrected chi connectivity index (χ0v) is 12.6. The standard InChI is InChI=1S/C16H20N2O4/c1-2-22-15(21)18-10-9-16(14(17)20)8-7-13(19)11-5-3-4-6-12(11)16/h3-6H,2,7-10H2,1H3,(H2,17,20)(H,18,21). The molecule has 6 nitrogen and oxygen atoms in total. The molecule has 0 aliphatic heterocycles. The van der Waals surface area contributed by atoms with Crippen LogP contribution < -0.4 is 11.1 Å². The Kier molecular flexibility index (Phi) is 4.80. The lowest BCUT2D eigenvalue weighted by Gasteiger charge is -2.35. The smallest absolute Gasteiger partial charge is 0.407 e. The van der Waals surface area contributed by atoms with Gasteiger partial charge < -0.3 is 15.8 Å². The summed E-state index contributed by atoms with van der Waals surface area (Å²) in [5, 5.41) is 2.60. The van der Waals surface area contributed by atoms with Gasteiger partial charge in [0.25, 0.3) is 0 Å². The van der Waals surface area contributed by atoms with E-state index in [1.54, 1.807) is 31.2 Å². The van der Waals surface area contributed by atoms with E-state index in [9.17, 15) is 14.4 Å². The average molecular weight is 304 g/mol. The number of ketones is 1. The fraction of sp³-hybridized carbons (Fsp3) is 0.438. The van der Waals surface area contributed by atoms with Crippen LogP contribution in [0.5, 0.6) is 0 Å². The summed E-state index contributed by atoms with van der Waals surface area (Å²) < 4.78 is 4.79. The van der Waals surface area contributed by atoms with E-state index in [-0.39, 0.29) is 25.4 Å². The monoisotopic (exact) mass is 304 g/mol. The molecule has 0 heterocycles. The molecule has 22 heavy (non-hydrogen) atoms. The Labute approximate surface area is 129 Å². The first-order valence-electron chi connectivity index (χ1n) is 7.34. The minimum atomic E-state index is -0.927. The molecule has 118 valence electrons. The van der Waals surface area contributed by atoms with Crippen LogP contribution in [0.25, 0.3) is 0 Å². The lowest BCUT2D eigenvalue weighted by atomic mass is 9.67. The number of ether oxygens (including phenoxy) is 1. The number of nitrogens with one attached hydrogen (secondary N) is 1. The van der Waals surface area contributed by atoms with Crippen molar-refractivity contribution in [3.63, 3.8) is 0 Å². The van der Waals surface area contributed by atoms with Gasteiger partial charge in [-0.05, 0) is 25.3 Å². The minimum Gasteiger partial charge on any atom is -0.450 e. The van der Waals surface area contributed by atoms with Crippen LogP contribution in [0, 0.1) is 0 Å². The highest BCUT2D eigenvalue weighted by atomic mass is 16.5. The van der Waals surface area contributed by atoms with Crippen LogP contribution in [0.2, 0.25) is 0 Å². The molecule has 0 aromatic heterocycles. The van der Waals surface area contributed by atoms with Crippen LogP contribution >= 0.6 is 0 Å². The number of amides is 2. The van der Waals surface area contributed by atoms with Crippen molar-refractivity contribution < 1.29 is 19.1 Å². The number of carbonyl (C=O) groups excluding carboxylic acids is 3. The van der Waals surface area contributed by atoms with Gasteiger partial charge in [-0.3, -0.25) is 9.59 Å². The number of Topliss-reactive ketones (excluding diaryl/α,β-unsaturated/α-hetero) is 1. The average Bonchev–Trinajstić information content (AvgIpc) is 2.50. The number of primary amides is 1. The topological polar surface area (TPSA) is 98.5 Å². The summed E-state index contributed by atoms with van der Waals surface area (Å²) in [6.45, 7) is 2.25. The van der Waals surface area contributed by atoms with E-state index < -0.39 is 17.4 Å². The molecule has 1 aliphatic rings. The van der Waals surface area contributed by atoms with Crippen molar-refractivity contribution in [1.82, 2.24) is 5.32 Å². The lowest BCUT2D eigenvalue weighted by Crippen LogP contribution is -2.47. The predicted molar refractivity (Wildman–Crippen MR) is 80.5 cm³/mol. The molecular formula is C16H20N2O4. The van der Waals surface area contributed by atoms with Crippen LogP contribution in [-0.2, 0) is 14.9 Å². The number of hydrogen-bond acceptors (Lipinski definition) is 4. The number of carbonyl (C=O) groups is 3. The van der Waals surface area contributed by atoms with E-state index in [2.05, 4.69) is 5.32 Å². The molecule has 1 unspecified atom stereocenters. The Hall–Kier alpha value is -2.37. The van der Waals surface area contributed by atoms with Crippen molar-refractivity contribution >= 4 is 17.8 Å². The molecule has 0 bridgehead atoms. The number of benzene rings is 1. The molecule has 0 saturated heterocycles. The highest BCUT2D eigenvalue weighted by Gasteiger charge is 2.43. The molecule has 2 rings (SSSR count). The summed E-state index contributed by atoms with van der Waals surface area (Å²) >= 11 is 0. The summed E-state index contributed by atoms with van der Waals surface area (Å²) in [5.74, 6) is -0.455. The number of alkyl carbamates (subject to hydrolysis) is 1. The minimum absolute atomic E-state index is 0.0193. The van der Waals surface area contributed by atoms with Crippen molar-refractivity contribution in [1.29, 1.82) is 0 Å². The third-order valence-electron chi connectivity index (χ3n) is 4.09. The first-order valence-corrected chi connectivity index (χ1v) is 7.34. The van der Waals surface area contributed by atoms with Crippen molar-refractivity contribution in [2.24, 2.45) is 5.73 Å². The highest BCUT2D eigenvalue weighted by molar-refractivity contribution is 6.03. The van der Waals surface area contributed by atoms with E-state index in [0.29, 0.717) is 24.0 Å². The molecule has 1 aliphatic carbocycles. The van der Waals surface area contributed by atoms with Crippen LogP contribution in [0.3, 0.4) is 0 Å². The SMILES string of the molecule is CCOC(=O)NCCC1(C(N)=O)CCC(=O)c2ccccc21. The van der Waals surface area contributed by atoms with Gasteiger partial charge in [0.05, 0.1) is 12.0 Å². The number of nitrogens with two attached hydrogens (primary N) is 1. The van der Waals surface area contributed by atoms with Crippen LogP contribution in [0.15, 0.2) is 24.3 Å². The van der Waals surface area contributed by atoms with Gasteiger partial charge in [-0.25, -0.2) is 4.79 Å². The third-order valence-corrected chi connectivity index (χ3v) is 4.09. The summed E-state index contributed by atoms with van der Waals surface area (Å²) in [5.41, 5.74) is 5.92. The Bertz CT molecular complexity index is 600. The normalized spacial score (nSPS) is 20.1. The Morgan fingerprint density at radius 2 is 2.09 bits per heavy atom. The number of fused-ring (bicyclic) bond motifs is 1. The Balaban J connectivity index is 2.23. The molecule has 1 aromatic carbocycles. The van der Waals surface area contributed by atoms with Gasteiger partial charge >= 0.3 is 6.09 Å². The molecule has 2 amide bonds. The Morgan fingerprint density at radius 3 is 2.77 bits per heavy atom. The van der Waals surface area contributed by atoms with Crippen molar-refractivity contribution in [2.75, 3.05) is 13.2 Å². The van der Waals surface area contributed by atoms with Gasteiger partial charge in [0.15, 0.2) is 5.78 Å². The third kappa shape index (κ3) is 2.95. The van der Waals surface area contributed by atoms with E-state index in [4.69, 9.17) is 10.5 Å². The molecule has 1 aromatic rings. The van der Waals surface area contributed by atoms with Crippen LogP contribution in [0.4, 0.5) is 4.79 Å². The second-order valence-electron chi connectivity index (χ2n) is 5.31. The number of hydrogen-bond donors (Lipinski definition) is 2. The van der Waals surface area contributed by atoms with Gasteiger partial charge in [-0.15, -0.1) is 0 Å². The van der Waals surface area contributed by atoms with Crippen LogP contribution in [-0.4, -0.2) is 30.9 Å². The fourth-order valence-corrected chi connectivity index (χ4v) is 2.94. The maximum atomic E-state index is 12.1. The first-order chi connectivity index (χ1) is 10.5. The molecule has 0 fully saturated rings. The zero-order chi connectivity index (χ0) is 16.2. The lowest BCUT2D eigenvalue weighted by molar-refractivity contribution is -0.124. The highest BCUT2D eigenvalue weighted by Crippen LogP contribution is 2.39. The van der Waals surface area contributed by atoms with Crippen LogP contribution in [0.1, 0.15) is 42.1 Å². The van der Waals surface area contributed by atoms with Gasteiger partial charge in [0.1, 0.15) is 0 Å². The molecule has 1 atom stereocenters.